The molecule has 1 fully saturated rings. The highest BCUT2D eigenvalue weighted by atomic mass is 79.9. The normalized spacial score (nSPS) is 17.1. The molecule has 0 atom stereocenters. The van der Waals surface area contributed by atoms with Gasteiger partial charge in [0.1, 0.15) is 0 Å². The van der Waals surface area contributed by atoms with E-state index in [2.05, 4.69) is 50.9 Å². The Morgan fingerprint density at radius 2 is 2.09 bits per heavy atom. The van der Waals surface area contributed by atoms with Crippen molar-refractivity contribution in [3.63, 3.8) is 0 Å². The number of likely N-dealkylation sites (tertiary alicyclic amines) is 1. The van der Waals surface area contributed by atoms with Crippen LogP contribution in [0.15, 0.2) is 22.7 Å². The van der Waals surface area contributed by atoms with Crippen LogP contribution in [0.3, 0.4) is 0 Å². The monoisotopic (exact) mass is 368 g/mol. The van der Waals surface area contributed by atoms with E-state index in [1.165, 1.54) is 11.1 Å². The summed E-state index contributed by atoms with van der Waals surface area (Å²) >= 11 is 3.51. The zero-order valence-corrected chi connectivity index (χ0v) is 15.0. The molecule has 1 saturated heterocycles. The second-order valence-electron chi connectivity index (χ2n) is 6.03. The van der Waals surface area contributed by atoms with E-state index in [-0.39, 0.29) is 6.54 Å². The SMILES string of the molecule is CCN(CC(=O)O)C1CCN(Cc2ccc(Br)cc2C)CC1. The van der Waals surface area contributed by atoms with Crippen LogP contribution in [0.1, 0.15) is 30.9 Å². The lowest BCUT2D eigenvalue weighted by Gasteiger charge is -2.37. The number of benzene rings is 1. The quantitative estimate of drug-likeness (QED) is 0.837. The molecule has 0 spiro atoms. The number of nitrogens with zero attached hydrogens (tertiary/aromatic N) is 2. The van der Waals surface area contributed by atoms with Gasteiger partial charge in [0.2, 0.25) is 0 Å². The average molecular weight is 369 g/mol. The maximum atomic E-state index is 10.9. The van der Waals surface area contributed by atoms with Crippen LogP contribution >= 0.6 is 15.9 Å². The van der Waals surface area contributed by atoms with Crippen molar-refractivity contribution in [2.24, 2.45) is 0 Å². The summed E-state index contributed by atoms with van der Waals surface area (Å²) < 4.78 is 1.12. The van der Waals surface area contributed by atoms with E-state index in [4.69, 9.17) is 5.11 Å². The average Bonchev–Trinajstić information content (AvgIpc) is 2.48. The summed E-state index contributed by atoms with van der Waals surface area (Å²) in [5, 5.41) is 8.99. The first kappa shape index (κ1) is 17.4. The standard InChI is InChI=1S/C17H25BrN2O2/c1-3-20(12-17(21)22)16-6-8-19(9-7-16)11-14-4-5-15(18)10-13(14)2/h4-5,10,16H,3,6-9,11-12H2,1-2H3,(H,21,22). The molecule has 1 aromatic rings. The van der Waals surface area contributed by atoms with Gasteiger partial charge < -0.3 is 5.11 Å². The Kier molecular flexibility index (Phi) is 6.41. The molecule has 122 valence electrons. The molecule has 1 aliphatic rings. The second kappa shape index (κ2) is 8.09. The number of hydrogen-bond donors (Lipinski definition) is 1. The largest absolute Gasteiger partial charge is 0.480 e. The van der Waals surface area contributed by atoms with Gasteiger partial charge in [0.15, 0.2) is 0 Å². The highest BCUT2D eigenvalue weighted by Gasteiger charge is 2.25. The molecule has 1 aliphatic heterocycles. The Morgan fingerprint density at radius 1 is 1.41 bits per heavy atom. The molecule has 0 radical (unpaired) electrons. The van der Waals surface area contributed by atoms with Gasteiger partial charge in [0.05, 0.1) is 6.54 Å². The summed E-state index contributed by atoms with van der Waals surface area (Å²) in [7, 11) is 0. The Labute approximate surface area is 141 Å². The van der Waals surface area contributed by atoms with Gasteiger partial charge in [0.25, 0.3) is 0 Å². The number of carbonyl (C=O) groups is 1. The molecule has 0 unspecified atom stereocenters. The maximum Gasteiger partial charge on any atom is 0.317 e. The van der Waals surface area contributed by atoms with Crippen molar-refractivity contribution in [3.05, 3.63) is 33.8 Å². The summed E-state index contributed by atoms with van der Waals surface area (Å²) in [5.74, 6) is -0.727. The summed E-state index contributed by atoms with van der Waals surface area (Å²) in [5.41, 5.74) is 2.69. The van der Waals surface area contributed by atoms with E-state index in [1.54, 1.807) is 0 Å². The van der Waals surface area contributed by atoms with Crippen LogP contribution in [-0.2, 0) is 11.3 Å². The minimum absolute atomic E-state index is 0.160. The minimum atomic E-state index is -0.727. The molecule has 0 bridgehead atoms. The molecule has 22 heavy (non-hydrogen) atoms. The van der Waals surface area contributed by atoms with Crippen molar-refractivity contribution in [1.29, 1.82) is 0 Å². The van der Waals surface area contributed by atoms with Gasteiger partial charge in [-0.05, 0) is 62.7 Å². The molecule has 1 heterocycles. The molecule has 0 amide bonds. The Bertz CT molecular complexity index is 513. The number of halogens is 1. The van der Waals surface area contributed by atoms with Gasteiger partial charge in [0, 0.05) is 17.1 Å². The third kappa shape index (κ3) is 4.80. The fourth-order valence-electron chi connectivity index (χ4n) is 3.19. The number of piperidine rings is 1. The lowest BCUT2D eigenvalue weighted by atomic mass is 10.0. The first-order valence-corrected chi connectivity index (χ1v) is 8.72. The molecular formula is C17H25BrN2O2. The molecular weight excluding hydrogens is 344 g/mol. The summed E-state index contributed by atoms with van der Waals surface area (Å²) in [6, 6.07) is 6.85. The number of carboxylic acid groups (broad SMARTS) is 1. The van der Waals surface area contributed by atoms with E-state index < -0.39 is 5.97 Å². The van der Waals surface area contributed by atoms with Crippen molar-refractivity contribution in [3.8, 4) is 0 Å². The van der Waals surface area contributed by atoms with Crippen LogP contribution in [0.5, 0.6) is 0 Å². The van der Waals surface area contributed by atoms with Crippen LogP contribution in [-0.4, -0.2) is 53.1 Å². The first-order valence-electron chi connectivity index (χ1n) is 7.92. The van der Waals surface area contributed by atoms with Gasteiger partial charge in [-0.3, -0.25) is 14.6 Å². The summed E-state index contributed by atoms with van der Waals surface area (Å²) in [6.45, 7) is 8.22. The van der Waals surface area contributed by atoms with Gasteiger partial charge in [-0.25, -0.2) is 0 Å². The predicted molar refractivity (Wildman–Crippen MR) is 92.1 cm³/mol. The third-order valence-corrected chi connectivity index (χ3v) is 5.01. The number of rotatable bonds is 6. The number of hydrogen-bond acceptors (Lipinski definition) is 3. The van der Waals surface area contributed by atoms with Crippen LogP contribution < -0.4 is 0 Å². The van der Waals surface area contributed by atoms with Gasteiger partial charge in [-0.1, -0.05) is 28.9 Å². The number of aliphatic carboxylic acids is 1. The molecule has 0 saturated carbocycles. The molecule has 4 nitrogen and oxygen atoms in total. The fraction of sp³-hybridized carbons (Fsp3) is 0.588. The van der Waals surface area contributed by atoms with Gasteiger partial charge in [-0.15, -0.1) is 0 Å². The summed E-state index contributed by atoms with van der Waals surface area (Å²) in [6.07, 6.45) is 2.10. The van der Waals surface area contributed by atoms with E-state index in [0.717, 1.165) is 43.5 Å². The van der Waals surface area contributed by atoms with Crippen molar-refractivity contribution in [2.75, 3.05) is 26.2 Å². The van der Waals surface area contributed by atoms with Crippen molar-refractivity contribution in [1.82, 2.24) is 9.80 Å². The van der Waals surface area contributed by atoms with E-state index in [1.807, 2.05) is 6.92 Å². The number of carboxylic acids is 1. The molecule has 1 aromatic carbocycles. The molecule has 2 rings (SSSR count). The van der Waals surface area contributed by atoms with Crippen LogP contribution in [0, 0.1) is 6.92 Å². The second-order valence-corrected chi connectivity index (χ2v) is 6.95. The number of aryl methyl sites for hydroxylation is 1. The smallest absolute Gasteiger partial charge is 0.317 e. The Balaban J connectivity index is 1.87. The lowest BCUT2D eigenvalue weighted by Crippen LogP contribution is -2.46. The van der Waals surface area contributed by atoms with E-state index in [9.17, 15) is 4.79 Å². The highest BCUT2D eigenvalue weighted by molar-refractivity contribution is 9.10. The maximum absolute atomic E-state index is 10.9. The zero-order valence-electron chi connectivity index (χ0n) is 13.4. The molecule has 5 heteroatoms. The molecule has 0 aliphatic carbocycles. The van der Waals surface area contributed by atoms with Crippen molar-refractivity contribution < 1.29 is 9.90 Å². The predicted octanol–water partition coefficient (Wildman–Crippen LogP) is 3.13. The topological polar surface area (TPSA) is 43.8 Å². The number of likely N-dealkylation sites (N-methyl/N-ethyl adjacent to an activating group) is 1. The molecule has 0 aromatic heterocycles. The zero-order chi connectivity index (χ0) is 16.1. The Hall–Kier alpha value is -0.910. The van der Waals surface area contributed by atoms with Crippen molar-refractivity contribution in [2.45, 2.75) is 39.3 Å². The van der Waals surface area contributed by atoms with Crippen LogP contribution in [0.4, 0.5) is 0 Å². The van der Waals surface area contributed by atoms with Crippen LogP contribution in [0.25, 0.3) is 0 Å². The van der Waals surface area contributed by atoms with Gasteiger partial charge in [-0.2, -0.15) is 0 Å². The van der Waals surface area contributed by atoms with Crippen LogP contribution in [0.2, 0.25) is 0 Å². The summed E-state index contributed by atoms with van der Waals surface area (Å²) in [4.78, 5) is 15.5. The van der Waals surface area contributed by atoms with E-state index >= 15 is 0 Å². The molecule has 1 N–H and O–H groups in total. The minimum Gasteiger partial charge on any atom is -0.480 e. The van der Waals surface area contributed by atoms with E-state index in [0.29, 0.717) is 6.04 Å². The highest BCUT2D eigenvalue weighted by Crippen LogP contribution is 2.21. The Morgan fingerprint density at radius 3 is 2.64 bits per heavy atom. The third-order valence-electron chi connectivity index (χ3n) is 4.52. The fourth-order valence-corrected chi connectivity index (χ4v) is 3.67. The first-order chi connectivity index (χ1) is 10.5. The van der Waals surface area contributed by atoms with Gasteiger partial charge >= 0.3 is 5.97 Å². The lowest BCUT2D eigenvalue weighted by molar-refractivity contribution is -0.139. The van der Waals surface area contributed by atoms with Crippen molar-refractivity contribution >= 4 is 21.9 Å².